The highest BCUT2D eigenvalue weighted by Gasteiger charge is 2.13. The van der Waals surface area contributed by atoms with Crippen molar-refractivity contribution in [3.63, 3.8) is 0 Å². The molecule has 74 valence electrons. The normalized spacial score (nSPS) is 10.9. The van der Waals surface area contributed by atoms with Crippen LogP contribution in [0.2, 0.25) is 0 Å². The number of halogens is 2. The third-order valence-electron chi connectivity index (χ3n) is 2.08. The third kappa shape index (κ3) is 1.68. The van der Waals surface area contributed by atoms with E-state index in [1.54, 1.807) is 11.3 Å². The topological polar surface area (TPSA) is 17.8 Å². The fourth-order valence-electron chi connectivity index (χ4n) is 1.28. The van der Waals surface area contributed by atoms with E-state index in [1.807, 2.05) is 14.0 Å². The molecule has 0 aliphatic carbocycles. The van der Waals surface area contributed by atoms with Crippen LogP contribution >= 0.6 is 43.2 Å². The first kappa shape index (κ1) is 10.4. The summed E-state index contributed by atoms with van der Waals surface area (Å²) in [6.45, 7) is 2.00. The number of imidazole rings is 1. The largest absolute Gasteiger partial charge is 0.330 e. The maximum Gasteiger partial charge on any atom is 0.133 e. The molecule has 0 aliphatic heterocycles. The van der Waals surface area contributed by atoms with E-state index in [1.165, 1.54) is 4.88 Å². The number of aryl methyl sites for hydroxylation is 1. The zero-order valence-electron chi connectivity index (χ0n) is 7.71. The number of hydrogen-bond donors (Lipinski definition) is 0. The molecule has 14 heavy (non-hydrogen) atoms. The smallest absolute Gasteiger partial charge is 0.133 e. The molecule has 0 N–H and O–H groups in total. The fraction of sp³-hybridized carbons (Fsp3) is 0.222. The Balaban J connectivity index is 2.61. The Morgan fingerprint density at radius 1 is 1.36 bits per heavy atom. The minimum absolute atomic E-state index is 0.909. The lowest BCUT2D eigenvalue weighted by atomic mass is 10.4. The summed E-state index contributed by atoms with van der Waals surface area (Å²) in [5.74, 6) is 1.01. The molecular formula is C9H8Br2N2S. The first-order chi connectivity index (χ1) is 6.59. The summed E-state index contributed by atoms with van der Waals surface area (Å²) in [7, 11) is 2.02. The Bertz CT molecular complexity index is 473. The molecule has 0 aromatic carbocycles. The molecule has 5 heteroatoms. The summed E-state index contributed by atoms with van der Waals surface area (Å²) < 4.78 is 4.13. The van der Waals surface area contributed by atoms with E-state index in [4.69, 9.17) is 0 Å². The molecule has 0 radical (unpaired) electrons. The van der Waals surface area contributed by atoms with Gasteiger partial charge in [0, 0.05) is 7.05 Å². The Labute approximate surface area is 103 Å². The van der Waals surface area contributed by atoms with E-state index >= 15 is 0 Å². The first-order valence-electron chi connectivity index (χ1n) is 4.04. The van der Waals surface area contributed by atoms with Crippen LogP contribution in [0.4, 0.5) is 0 Å². The molecule has 2 rings (SSSR count). The minimum atomic E-state index is 0.909. The van der Waals surface area contributed by atoms with Crippen molar-refractivity contribution in [2.75, 3.05) is 0 Å². The summed E-state index contributed by atoms with van der Waals surface area (Å²) in [6, 6.07) is 4.14. The highest BCUT2D eigenvalue weighted by atomic mass is 79.9. The van der Waals surface area contributed by atoms with Gasteiger partial charge in [-0.15, -0.1) is 11.3 Å². The second kappa shape index (κ2) is 3.79. The highest BCUT2D eigenvalue weighted by molar-refractivity contribution is 9.11. The van der Waals surface area contributed by atoms with Gasteiger partial charge in [0.05, 0.1) is 14.4 Å². The second-order valence-electron chi connectivity index (χ2n) is 2.96. The fourth-order valence-corrected chi connectivity index (χ4v) is 3.61. The molecule has 0 saturated carbocycles. The van der Waals surface area contributed by atoms with Gasteiger partial charge in [0.2, 0.25) is 0 Å². The molecule has 2 aromatic heterocycles. The van der Waals surface area contributed by atoms with Gasteiger partial charge in [0.15, 0.2) is 0 Å². The number of aromatic nitrogens is 2. The molecule has 0 saturated heterocycles. The van der Waals surface area contributed by atoms with Crippen molar-refractivity contribution in [3.8, 4) is 10.6 Å². The Morgan fingerprint density at radius 2 is 2.07 bits per heavy atom. The van der Waals surface area contributed by atoms with E-state index < -0.39 is 0 Å². The summed E-state index contributed by atoms with van der Waals surface area (Å²) >= 11 is 8.64. The molecule has 0 bridgehead atoms. The molecule has 2 heterocycles. The predicted molar refractivity (Wildman–Crippen MR) is 66.7 cm³/mol. The lowest BCUT2D eigenvalue weighted by Crippen LogP contribution is -1.92. The molecule has 0 unspecified atom stereocenters. The van der Waals surface area contributed by atoms with Gasteiger partial charge in [0.1, 0.15) is 10.4 Å². The highest BCUT2D eigenvalue weighted by Crippen LogP contribution is 2.35. The van der Waals surface area contributed by atoms with Crippen LogP contribution in [0.25, 0.3) is 10.6 Å². The van der Waals surface area contributed by atoms with Crippen molar-refractivity contribution in [1.29, 1.82) is 0 Å². The molecule has 0 spiro atoms. The van der Waals surface area contributed by atoms with Crippen molar-refractivity contribution < 1.29 is 0 Å². The van der Waals surface area contributed by atoms with Crippen molar-refractivity contribution in [2.45, 2.75) is 6.92 Å². The standard InChI is InChI=1S/C9H8Br2N2S/c1-5-12-9(11)8(13(5)2)6-3-4-7(10)14-6/h3-4H,1-2H3. The summed E-state index contributed by atoms with van der Waals surface area (Å²) in [5, 5.41) is 0. The molecule has 0 atom stereocenters. The van der Waals surface area contributed by atoms with Gasteiger partial charge in [-0.05, 0) is 50.9 Å². The second-order valence-corrected chi connectivity index (χ2v) is 6.18. The average Bonchev–Trinajstić information content (AvgIpc) is 2.60. The zero-order valence-corrected chi connectivity index (χ0v) is 11.7. The minimum Gasteiger partial charge on any atom is -0.330 e. The zero-order chi connectivity index (χ0) is 10.3. The summed E-state index contributed by atoms with van der Waals surface area (Å²) in [5.41, 5.74) is 1.14. The van der Waals surface area contributed by atoms with Gasteiger partial charge in [-0.25, -0.2) is 4.98 Å². The van der Waals surface area contributed by atoms with Gasteiger partial charge in [-0.3, -0.25) is 0 Å². The third-order valence-corrected chi connectivity index (χ3v) is 4.27. The first-order valence-corrected chi connectivity index (χ1v) is 6.44. The van der Waals surface area contributed by atoms with E-state index in [0.717, 1.165) is 19.9 Å². The van der Waals surface area contributed by atoms with Gasteiger partial charge >= 0.3 is 0 Å². The number of hydrogen-bond acceptors (Lipinski definition) is 2. The lowest BCUT2D eigenvalue weighted by molar-refractivity contribution is 0.866. The van der Waals surface area contributed by atoms with Crippen molar-refractivity contribution in [2.24, 2.45) is 7.05 Å². The van der Waals surface area contributed by atoms with Gasteiger partial charge < -0.3 is 4.57 Å². The number of nitrogens with zero attached hydrogens (tertiary/aromatic N) is 2. The van der Waals surface area contributed by atoms with E-state index in [-0.39, 0.29) is 0 Å². The Kier molecular flexibility index (Phi) is 2.81. The molecule has 0 aliphatic rings. The van der Waals surface area contributed by atoms with Crippen LogP contribution in [0.1, 0.15) is 5.82 Å². The van der Waals surface area contributed by atoms with Crippen LogP contribution in [0.5, 0.6) is 0 Å². The van der Waals surface area contributed by atoms with Crippen LogP contribution < -0.4 is 0 Å². The Hall–Kier alpha value is -0.130. The predicted octanol–water partition coefficient (Wildman–Crippen LogP) is 3.98. The lowest BCUT2D eigenvalue weighted by Gasteiger charge is -2.00. The summed E-state index contributed by atoms with van der Waals surface area (Å²) in [6.07, 6.45) is 0. The van der Waals surface area contributed by atoms with Crippen molar-refractivity contribution >= 4 is 43.2 Å². The van der Waals surface area contributed by atoms with Crippen molar-refractivity contribution in [1.82, 2.24) is 9.55 Å². The molecular weight excluding hydrogens is 328 g/mol. The van der Waals surface area contributed by atoms with Crippen LogP contribution in [-0.2, 0) is 7.05 Å². The average molecular weight is 336 g/mol. The molecule has 0 amide bonds. The van der Waals surface area contributed by atoms with Crippen LogP contribution in [0.3, 0.4) is 0 Å². The monoisotopic (exact) mass is 334 g/mol. The van der Waals surface area contributed by atoms with Crippen LogP contribution in [-0.4, -0.2) is 9.55 Å². The maximum atomic E-state index is 4.37. The Morgan fingerprint density at radius 3 is 2.50 bits per heavy atom. The van der Waals surface area contributed by atoms with Crippen LogP contribution in [0.15, 0.2) is 20.5 Å². The molecule has 0 fully saturated rings. The SMILES string of the molecule is Cc1nc(Br)c(-c2ccc(Br)s2)n1C. The van der Waals surface area contributed by atoms with E-state index in [9.17, 15) is 0 Å². The maximum absolute atomic E-state index is 4.37. The quantitative estimate of drug-likeness (QED) is 0.770. The van der Waals surface area contributed by atoms with E-state index in [2.05, 4.69) is 53.5 Å². The van der Waals surface area contributed by atoms with Gasteiger partial charge in [0.25, 0.3) is 0 Å². The van der Waals surface area contributed by atoms with Crippen LogP contribution in [0, 0.1) is 6.92 Å². The van der Waals surface area contributed by atoms with Gasteiger partial charge in [-0.1, -0.05) is 0 Å². The van der Waals surface area contributed by atoms with Gasteiger partial charge in [-0.2, -0.15) is 0 Å². The molecule has 2 aromatic rings. The summed E-state index contributed by atoms with van der Waals surface area (Å²) in [4.78, 5) is 5.58. The molecule has 2 nitrogen and oxygen atoms in total. The van der Waals surface area contributed by atoms with Crippen molar-refractivity contribution in [3.05, 3.63) is 26.3 Å². The number of rotatable bonds is 1. The van der Waals surface area contributed by atoms with E-state index in [0.29, 0.717) is 0 Å². The number of thiophene rings is 1.